The molecule has 0 aromatic carbocycles. The summed E-state index contributed by atoms with van der Waals surface area (Å²) < 4.78 is 1.92. The van der Waals surface area contributed by atoms with Gasteiger partial charge in [-0.2, -0.15) is 0 Å². The van der Waals surface area contributed by atoms with Crippen molar-refractivity contribution in [2.75, 3.05) is 0 Å². The Balaban J connectivity index is 2.02. The zero-order valence-electron chi connectivity index (χ0n) is 10.5. The number of thiophene rings is 1. The Morgan fingerprint density at radius 1 is 1.39 bits per heavy atom. The highest BCUT2D eigenvalue weighted by molar-refractivity contribution is 9.13. The van der Waals surface area contributed by atoms with Crippen LogP contribution in [0.5, 0.6) is 0 Å². The van der Waals surface area contributed by atoms with Crippen molar-refractivity contribution in [3.05, 3.63) is 19.2 Å². The van der Waals surface area contributed by atoms with Gasteiger partial charge in [0.25, 0.3) is 5.91 Å². The van der Waals surface area contributed by atoms with Crippen molar-refractivity contribution in [3.8, 4) is 0 Å². The summed E-state index contributed by atoms with van der Waals surface area (Å²) in [5.74, 6) is 1.32. The van der Waals surface area contributed by atoms with E-state index >= 15 is 0 Å². The van der Waals surface area contributed by atoms with Crippen molar-refractivity contribution < 1.29 is 4.79 Å². The van der Waals surface area contributed by atoms with Gasteiger partial charge in [0, 0.05) is 10.5 Å². The van der Waals surface area contributed by atoms with E-state index in [1.54, 1.807) is 0 Å². The van der Waals surface area contributed by atoms with Crippen LogP contribution in [-0.4, -0.2) is 11.9 Å². The Morgan fingerprint density at radius 3 is 2.72 bits per heavy atom. The quantitative estimate of drug-likeness (QED) is 0.764. The number of rotatable bonds is 2. The highest BCUT2D eigenvalue weighted by Gasteiger charge is 2.28. The van der Waals surface area contributed by atoms with E-state index in [4.69, 9.17) is 0 Å². The molecule has 1 aliphatic rings. The van der Waals surface area contributed by atoms with Gasteiger partial charge >= 0.3 is 0 Å². The molecule has 0 radical (unpaired) electrons. The number of carbonyl (C=O) groups excluding carboxylic acids is 1. The predicted octanol–water partition coefficient (Wildman–Crippen LogP) is 4.83. The van der Waals surface area contributed by atoms with Crippen molar-refractivity contribution >= 4 is 49.1 Å². The Labute approximate surface area is 129 Å². The lowest BCUT2D eigenvalue weighted by atomic mass is 9.78. The van der Waals surface area contributed by atoms with E-state index < -0.39 is 0 Å². The maximum atomic E-state index is 12.2. The molecular formula is C13H17Br2NOS. The van der Waals surface area contributed by atoms with Crippen LogP contribution in [0.2, 0.25) is 0 Å². The second-order valence-corrected chi connectivity index (χ2v) is 8.30. The molecular weight excluding hydrogens is 378 g/mol. The number of amides is 1. The van der Waals surface area contributed by atoms with E-state index in [0.717, 1.165) is 19.6 Å². The first-order valence-corrected chi connectivity index (χ1v) is 8.65. The van der Waals surface area contributed by atoms with Crippen LogP contribution in [0.15, 0.2) is 14.3 Å². The monoisotopic (exact) mass is 393 g/mol. The molecule has 0 spiro atoms. The molecule has 1 saturated carbocycles. The standard InChI is InChI=1S/C13H17Br2NOS/c1-7-4-3-5-10(8(7)2)16-13(17)11-6-9(14)12(15)18-11/h6-8,10H,3-5H2,1-2H3,(H,16,17)/t7-,8+,10-/m0/s1. The fourth-order valence-corrected chi connectivity index (χ4v) is 4.42. The van der Waals surface area contributed by atoms with Crippen molar-refractivity contribution in [1.29, 1.82) is 0 Å². The molecule has 2 rings (SSSR count). The predicted molar refractivity (Wildman–Crippen MR) is 83.2 cm³/mol. The van der Waals surface area contributed by atoms with Crippen LogP contribution in [-0.2, 0) is 0 Å². The molecule has 3 atom stereocenters. The van der Waals surface area contributed by atoms with Gasteiger partial charge in [0.05, 0.1) is 8.66 Å². The Kier molecular flexibility index (Phi) is 4.89. The van der Waals surface area contributed by atoms with Crippen molar-refractivity contribution in [2.24, 2.45) is 11.8 Å². The second-order valence-electron chi connectivity index (χ2n) is 5.08. The number of nitrogens with one attached hydrogen (secondary N) is 1. The van der Waals surface area contributed by atoms with Gasteiger partial charge in [0.15, 0.2) is 0 Å². The lowest BCUT2D eigenvalue weighted by molar-refractivity contribution is 0.0895. The van der Waals surface area contributed by atoms with Gasteiger partial charge < -0.3 is 5.32 Å². The zero-order chi connectivity index (χ0) is 13.3. The van der Waals surface area contributed by atoms with Crippen molar-refractivity contribution in [3.63, 3.8) is 0 Å². The van der Waals surface area contributed by atoms with Crippen LogP contribution in [0.25, 0.3) is 0 Å². The van der Waals surface area contributed by atoms with Crippen LogP contribution in [0, 0.1) is 11.8 Å². The number of halogens is 2. The first-order valence-electron chi connectivity index (χ1n) is 6.24. The normalized spacial score (nSPS) is 28.1. The fourth-order valence-electron chi connectivity index (χ4n) is 2.48. The summed E-state index contributed by atoms with van der Waals surface area (Å²) in [6.07, 6.45) is 3.60. The van der Waals surface area contributed by atoms with Gasteiger partial charge in [-0.25, -0.2) is 0 Å². The summed E-state index contributed by atoms with van der Waals surface area (Å²) in [6.45, 7) is 4.52. The summed E-state index contributed by atoms with van der Waals surface area (Å²) >= 11 is 8.31. The number of hydrogen-bond donors (Lipinski definition) is 1. The molecule has 0 saturated heterocycles. The molecule has 100 valence electrons. The first-order chi connectivity index (χ1) is 8.49. The molecule has 1 aromatic rings. The minimum absolute atomic E-state index is 0.0531. The molecule has 0 bridgehead atoms. The van der Waals surface area contributed by atoms with E-state index in [1.165, 1.54) is 24.2 Å². The molecule has 1 aromatic heterocycles. The number of hydrogen-bond acceptors (Lipinski definition) is 2. The molecule has 1 N–H and O–H groups in total. The highest BCUT2D eigenvalue weighted by atomic mass is 79.9. The van der Waals surface area contributed by atoms with E-state index in [0.29, 0.717) is 17.9 Å². The molecule has 0 aliphatic heterocycles. The van der Waals surface area contributed by atoms with Crippen LogP contribution in [0.4, 0.5) is 0 Å². The maximum absolute atomic E-state index is 12.2. The molecule has 1 amide bonds. The average molecular weight is 395 g/mol. The Hall–Kier alpha value is 0.130. The second kappa shape index (κ2) is 6.06. The maximum Gasteiger partial charge on any atom is 0.261 e. The minimum atomic E-state index is 0.0531. The van der Waals surface area contributed by atoms with Crippen LogP contribution < -0.4 is 5.32 Å². The minimum Gasteiger partial charge on any atom is -0.348 e. The van der Waals surface area contributed by atoms with Gasteiger partial charge in [-0.15, -0.1) is 11.3 Å². The van der Waals surface area contributed by atoms with Crippen LogP contribution in [0.3, 0.4) is 0 Å². The molecule has 1 aliphatic carbocycles. The largest absolute Gasteiger partial charge is 0.348 e. The van der Waals surface area contributed by atoms with Gasteiger partial charge in [-0.3, -0.25) is 4.79 Å². The lowest BCUT2D eigenvalue weighted by Crippen LogP contribution is -2.43. The first kappa shape index (κ1) is 14.5. The smallest absolute Gasteiger partial charge is 0.261 e. The molecule has 1 heterocycles. The van der Waals surface area contributed by atoms with E-state index in [2.05, 4.69) is 51.0 Å². The summed E-state index contributed by atoms with van der Waals surface area (Å²) in [5.41, 5.74) is 0. The topological polar surface area (TPSA) is 29.1 Å². The van der Waals surface area contributed by atoms with Crippen LogP contribution in [0.1, 0.15) is 42.8 Å². The number of carbonyl (C=O) groups is 1. The zero-order valence-corrected chi connectivity index (χ0v) is 14.5. The Bertz CT molecular complexity index is 427. The van der Waals surface area contributed by atoms with Gasteiger partial charge in [0.1, 0.15) is 0 Å². The molecule has 5 heteroatoms. The van der Waals surface area contributed by atoms with E-state index in [-0.39, 0.29) is 5.91 Å². The summed E-state index contributed by atoms with van der Waals surface area (Å²) in [5, 5.41) is 3.19. The van der Waals surface area contributed by atoms with Gasteiger partial charge in [-0.05, 0) is 56.2 Å². The van der Waals surface area contributed by atoms with Crippen molar-refractivity contribution in [2.45, 2.75) is 39.2 Å². The van der Waals surface area contributed by atoms with Gasteiger partial charge in [0.2, 0.25) is 0 Å². The SMILES string of the molecule is C[C@H]1[C@@H](NC(=O)c2cc(Br)c(Br)s2)CCC[C@@H]1C. The molecule has 2 nitrogen and oxygen atoms in total. The summed E-state index contributed by atoms with van der Waals surface area (Å²) in [6, 6.07) is 2.20. The van der Waals surface area contributed by atoms with E-state index in [1.807, 2.05) is 6.07 Å². The summed E-state index contributed by atoms with van der Waals surface area (Å²) in [4.78, 5) is 13.0. The highest BCUT2D eigenvalue weighted by Crippen LogP contribution is 2.33. The van der Waals surface area contributed by atoms with Gasteiger partial charge in [-0.1, -0.05) is 26.7 Å². The van der Waals surface area contributed by atoms with Crippen molar-refractivity contribution in [1.82, 2.24) is 5.32 Å². The fraction of sp³-hybridized carbons (Fsp3) is 0.615. The lowest BCUT2D eigenvalue weighted by Gasteiger charge is -2.34. The average Bonchev–Trinajstić information content (AvgIpc) is 2.66. The third kappa shape index (κ3) is 3.17. The molecule has 0 unspecified atom stereocenters. The molecule has 18 heavy (non-hydrogen) atoms. The Morgan fingerprint density at radius 2 is 2.11 bits per heavy atom. The van der Waals surface area contributed by atoms with Crippen LogP contribution >= 0.6 is 43.2 Å². The summed E-state index contributed by atoms with van der Waals surface area (Å²) in [7, 11) is 0. The third-order valence-electron chi connectivity index (χ3n) is 3.89. The van der Waals surface area contributed by atoms with E-state index in [9.17, 15) is 4.79 Å². The molecule has 1 fully saturated rings. The third-order valence-corrected chi connectivity index (χ3v) is 7.15.